The zero-order valence-electron chi connectivity index (χ0n) is 18.0. The van der Waals surface area contributed by atoms with Crippen LogP contribution in [0.1, 0.15) is 37.7 Å². The van der Waals surface area contributed by atoms with Crippen molar-refractivity contribution in [2.75, 3.05) is 10.6 Å². The first-order valence-corrected chi connectivity index (χ1v) is 9.97. The van der Waals surface area contributed by atoms with Crippen LogP contribution in [0, 0.1) is 13.8 Å². The molecule has 4 rings (SSSR count). The number of nitrogens with zero attached hydrogens (tertiary/aromatic N) is 3. The van der Waals surface area contributed by atoms with Gasteiger partial charge in [-0.2, -0.15) is 13.2 Å². The summed E-state index contributed by atoms with van der Waals surface area (Å²) in [5.41, 5.74) is 0.992. The number of hydrogen-bond donors (Lipinski definition) is 2. The van der Waals surface area contributed by atoms with Gasteiger partial charge >= 0.3 is 6.18 Å². The van der Waals surface area contributed by atoms with Gasteiger partial charge in [0.25, 0.3) is 11.8 Å². The molecule has 8 nitrogen and oxygen atoms in total. The van der Waals surface area contributed by atoms with Crippen molar-refractivity contribution in [3.63, 3.8) is 0 Å². The van der Waals surface area contributed by atoms with Crippen molar-refractivity contribution >= 4 is 23.2 Å². The molecule has 2 aromatic carbocycles. The molecule has 0 saturated heterocycles. The first-order chi connectivity index (χ1) is 16.1. The summed E-state index contributed by atoms with van der Waals surface area (Å²) >= 11 is 0. The Kier molecular flexibility index (Phi) is 5.93. The summed E-state index contributed by atoms with van der Waals surface area (Å²) in [5, 5.41) is 8.59. The predicted octanol–water partition coefficient (Wildman–Crippen LogP) is 5.00. The third-order valence-corrected chi connectivity index (χ3v) is 4.92. The molecule has 34 heavy (non-hydrogen) atoms. The lowest BCUT2D eigenvalue weighted by Crippen LogP contribution is -2.16. The third kappa shape index (κ3) is 4.98. The Balaban J connectivity index is 1.61. The van der Waals surface area contributed by atoms with Gasteiger partial charge in [-0.05, 0) is 49.7 Å². The number of nitrogens with one attached hydrogen (secondary N) is 2. The largest absolute Gasteiger partial charge is 0.416 e. The molecule has 2 N–H and O–H groups in total. The van der Waals surface area contributed by atoms with E-state index in [0.717, 1.165) is 12.1 Å². The number of benzene rings is 2. The Hall–Kier alpha value is -4.41. The molecule has 2 heterocycles. The van der Waals surface area contributed by atoms with Crippen molar-refractivity contribution in [2.24, 2.45) is 0 Å². The number of carbonyl (C=O) groups excluding carboxylic acids is 2. The highest BCUT2D eigenvalue weighted by atomic mass is 19.4. The van der Waals surface area contributed by atoms with Crippen LogP contribution in [0.4, 0.5) is 24.5 Å². The molecular formula is C23H18F3N5O3. The molecule has 174 valence electrons. The lowest BCUT2D eigenvalue weighted by Gasteiger charge is -2.14. The number of anilines is 2. The minimum atomic E-state index is -4.62. The zero-order valence-corrected chi connectivity index (χ0v) is 18.0. The summed E-state index contributed by atoms with van der Waals surface area (Å²) in [6.45, 7) is 3.44. The standard InChI is InChI=1S/C23H18F3N5O3/c1-13-3-4-15(7-19(13)30-22(33)20-5-6-28-34-20)21(32)29-17-8-16(23(24,25)26)9-18(10-17)31-11-14(2)27-12-31/h3-12H,1-2H3,(H,29,32)(H,30,33). The number of aromatic nitrogens is 3. The molecular weight excluding hydrogens is 451 g/mol. The molecule has 0 spiro atoms. The molecule has 11 heteroatoms. The summed E-state index contributed by atoms with van der Waals surface area (Å²) in [4.78, 5) is 29.1. The van der Waals surface area contributed by atoms with Gasteiger partial charge in [0.1, 0.15) is 0 Å². The van der Waals surface area contributed by atoms with Crippen molar-refractivity contribution in [2.45, 2.75) is 20.0 Å². The quantitative estimate of drug-likeness (QED) is 0.428. The SMILES string of the molecule is Cc1cn(-c2cc(NC(=O)c3ccc(C)c(NC(=O)c4ccno4)c3)cc(C(F)(F)F)c2)cn1. The highest BCUT2D eigenvalue weighted by Crippen LogP contribution is 2.33. The molecule has 0 radical (unpaired) electrons. The number of alkyl halides is 3. The molecule has 0 bridgehead atoms. The van der Waals surface area contributed by atoms with Gasteiger partial charge < -0.3 is 19.7 Å². The smallest absolute Gasteiger partial charge is 0.351 e. The maximum atomic E-state index is 13.5. The van der Waals surface area contributed by atoms with Crippen LogP contribution in [0.2, 0.25) is 0 Å². The predicted molar refractivity (Wildman–Crippen MR) is 117 cm³/mol. The maximum Gasteiger partial charge on any atom is 0.416 e. The van der Waals surface area contributed by atoms with Gasteiger partial charge in [0.15, 0.2) is 0 Å². The van der Waals surface area contributed by atoms with Crippen molar-refractivity contribution in [3.8, 4) is 5.69 Å². The second kappa shape index (κ2) is 8.85. The summed E-state index contributed by atoms with van der Waals surface area (Å²) < 4.78 is 46.7. The lowest BCUT2D eigenvalue weighted by molar-refractivity contribution is -0.137. The second-order valence-corrected chi connectivity index (χ2v) is 7.50. The van der Waals surface area contributed by atoms with Gasteiger partial charge in [0.05, 0.1) is 23.8 Å². The van der Waals surface area contributed by atoms with Gasteiger partial charge in [0.2, 0.25) is 5.76 Å². The summed E-state index contributed by atoms with van der Waals surface area (Å²) in [5.74, 6) is -1.22. The Bertz CT molecular complexity index is 1360. The van der Waals surface area contributed by atoms with E-state index in [0.29, 0.717) is 16.9 Å². The van der Waals surface area contributed by atoms with E-state index in [1.807, 2.05) is 0 Å². The number of aryl methyl sites for hydroxylation is 2. The molecule has 0 unspecified atom stereocenters. The lowest BCUT2D eigenvalue weighted by atomic mass is 10.1. The van der Waals surface area contributed by atoms with Crippen LogP contribution >= 0.6 is 0 Å². The molecule has 2 aromatic heterocycles. The first-order valence-electron chi connectivity index (χ1n) is 9.97. The van der Waals surface area contributed by atoms with Crippen LogP contribution in [0.25, 0.3) is 5.69 Å². The van der Waals surface area contributed by atoms with Crippen LogP contribution < -0.4 is 10.6 Å². The Labute approximate surface area is 191 Å². The van der Waals surface area contributed by atoms with Crippen molar-refractivity contribution < 1.29 is 27.3 Å². The monoisotopic (exact) mass is 469 g/mol. The van der Waals surface area contributed by atoms with Crippen LogP contribution in [0.3, 0.4) is 0 Å². The van der Waals surface area contributed by atoms with Gasteiger partial charge in [-0.3, -0.25) is 9.59 Å². The zero-order chi connectivity index (χ0) is 24.5. The van der Waals surface area contributed by atoms with E-state index in [9.17, 15) is 22.8 Å². The molecule has 0 saturated carbocycles. The summed E-state index contributed by atoms with van der Waals surface area (Å²) in [6.07, 6.45) is -0.336. The highest BCUT2D eigenvalue weighted by Gasteiger charge is 2.31. The van der Waals surface area contributed by atoms with Gasteiger partial charge in [-0.15, -0.1) is 0 Å². The molecule has 0 aliphatic carbocycles. The molecule has 0 aliphatic rings. The molecule has 0 atom stereocenters. The van der Waals surface area contributed by atoms with Crippen molar-refractivity contribution in [3.05, 3.63) is 89.3 Å². The van der Waals surface area contributed by atoms with E-state index < -0.39 is 23.6 Å². The van der Waals surface area contributed by atoms with Crippen molar-refractivity contribution in [1.29, 1.82) is 0 Å². The van der Waals surface area contributed by atoms with Crippen LogP contribution in [0.5, 0.6) is 0 Å². The number of halogens is 3. The summed E-state index contributed by atoms with van der Waals surface area (Å²) in [7, 11) is 0. The molecule has 0 fully saturated rings. The Morgan fingerprint density at radius 1 is 1.00 bits per heavy atom. The fourth-order valence-corrected chi connectivity index (χ4v) is 3.18. The first kappa shape index (κ1) is 22.8. The average molecular weight is 469 g/mol. The molecule has 4 aromatic rings. The van der Waals surface area contributed by atoms with Crippen LogP contribution in [-0.2, 0) is 6.18 Å². The molecule has 2 amide bonds. The fourth-order valence-electron chi connectivity index (χ4n) is 3.18. The topological polar surface area (TPSA) is 102 Å². The maximum absolute atomic E-state index is 13.5. The number of carbonyl (C=O) groups is 2. The van der Waals surface area contributed by atoms with E-state index >= 15 is 0 Å². The fraction of sp³-hybridized carbons (Fsp3) is 0.130. The number of amides is 2. The number of imidazole rings is 1. The van der Waals surface area contributed by atoms with Crippen LogP contribution in [-0.4, -0.2) is 26.5 Å². The van der Waals surface area contributed by atoms with E-state index in [1.165, 1.54) is 41.4 Å². The van der Waals surface area contributed by atoms with E-state index in [2.05, 4.69) is 20.8 Å². The van der Waals surface area contributed by atoms with Gasteiger partial charge in [-0.1, -0.05) is 11.2 Å². The van der Waals surface area contributed by atoms with Crippen LogP contribution in [0.15, 0.2) is 65.7 Å². The molecule has 0 aliphatic heterocycles. The highest BCUT2D eigenvalue weighted by molar-refractivity contribution is 6.07. The Morgan fingerprint density at radius 3 is 2.44 bits per heavy atom. The minimum absolute atomic E-state index is 0.0134. The Morgan fingerprint density at radius 2 is 1.79 bits per heavy atom. The van der Waals surface area contributed by atoms with Crippen molar-refractivity contribution in [1.82, 2.24) is 14.7 Å². The number of rotatable bonds is 5. The number of hydrogen-bond acceptors (Lipinski definition) is 5. The van der Waals surface area contributed by atoms with E-state index in [1.54, 1.807) is 26.1 Å². The van der Waals surface area contributed by atoms with E-state index in [4.69, 9.17) is 4.52 Å². The third-order valence-electron chi connectivity index (χ3n) is 4.92. The minimum Gasteiger partial charge on any atom is -0.351 e. The normalized spacial score (nSPS) is 11.3. The summed E-state index contributed by atoms with van der Waals surface area (Å²) in [6, 6.07) is 9.15. The van der Waals surface area contributed by atoms with Gasteiger partial charge in [0, 0.05) is 34.9 Å². The average Bonchev–Trinajstić information content (AvgIpc) is 3.46. The van der Waals surface area contributed by atoms with E-state index in [-0.39, 0.29) is 22.7 Å². The van der Waals surface area contributed by atoms with Gasteiger partial charge in [-0.25, -0.2) is 4.98 Å². The second-order valence-electron chi connectivity index (χ2n) is 7.50.